The van der Waals surface area contributed by atoms with E-state index in [0.29, 0.717) is 18.7 Å². The van der Waals surface area contributed by atoms with E-state index < -0.39 is 6.04 Å². The summed E-state index contributed by atoms with van der Waals surface area (Å²) in [5.41, 5.74) is 3.01. The Morgan fingerprint density at radius 2 is 1.66 bits per heavy atom. The first-order chi connectivity index (χ1) is 15.5. The maximum atomic E-state index is 13.3. The predicted octanol–water partition coefficient (Wildman–Crippen LogP) is 4.52. The van der Waals surface area contributed by atoms with Crippen molar-refractivity contribution in [2.45, 2.75) is 25.9 Å². The highest BCUT2D eigenvalue weighted by Crippen LogP contribution is 2.18. The third-order valence-electron chi connectivity index (χ3n) is 5.14. The molecule has 3 rings (SSSR count). The Kier molecular flexibility index (Phi) is 8.45. The van der Waals surface area contributed by atoms with Gasteiger partial charge in [0.25, 0.3) is 5.91 Å². The molecular weight excluding hydrogens is 468 g/mol. The number of benzene rings is 3. The lowest BCUT2D eigenvalue weighted by Crippen LogP contribution is -2.51. The predicted molar refractivity (Wildman–Crippen MR) is 129 cm³/mol. The van der Waals surface area contributed by atoms with Gasteiger partial charge < -0.3 is 15.0 Å². The average molecular weight is 495 g/mol. The molecule has 3 aromatic carbocycles. The van der Waals surface area contributed by atoms with Crippen molar-refractivity contribution in [1.29, 1.82) is 0 Å². The van der Waals surface area contributed by atoms with Crippen molar-refractivity contribution in [2.24, 2.45) is 0 Å². The molecule has 0 saturated heterocycles. The van der Waals surface area contributed by atoms with Gasteiger partial charge >= 0.3 is 0 Å². The summed E-state index contributed by atoms with van der Waals surface area (Å²) in [6.45, 7) is 2.13. The molecule has 6 heteroatoms. The highest BCUT2D eigenvalue weighted by atomic mass is 79.9. The van der Waals surface area contributed by atoms with Gasteiger partial charge in [0, 0.05) is 24.5 Å². The van der Waals surface area contributed by atoms with Crippen LogP contribution in [0.1, 0.15) is 16.7 Å². The van der Waals surface area contributed by atoms with E-state index >= 15 is 0 Å². The molecule has 0 bridgehead atoms. The Hall–Kier alpha value is -3.12. The molecule has 0 aliphatic rings. The van der Waals surface area contributed by atoms with E-state index in [4.69, 9.17) is 4.74 Å². The van der Waals surface area contributed by atoms with Gasteiger partial charge in [0.1, 0.15) is 11.8 Å². The van der Waals surface area contributed by atoms with E-state index in [1.165, 1.54) is 0 Å². The molecule has 0 aliphatic heterocycles. The van der Waals surface area contributed by atoms with E-state index in [0.717, 1.165) is 21.2 Å². The van der Waals surface area contributed by atoms with E-state index in [1.54, 1.807) is 11.9 Å². The zero-order valence-electron chi connectivity index (χ0n) is 18.3. The number of ether oxygens (including phenoxy) is 1. The number of halogens is 1. The molecule has 0 fully saturated rings. The second-order valence-electron chi connectivity index (χ2n) is 7.57. The smallest absolute Gasteiger partial charge is 0.261 e. The molecule has 0 saturated carbocycles. The summed E-state index contributed by atoms with van der Waals surface area (Å²) in [4.78, 5) is 27.8. The molecule has 0 aromatic heterocycles. The minimum atomic E-state index is -0.671. The van der Waals surface area contributed by atoms with E-state index in [-0.39, 0.29) is 18.4 Å². The highest BCUT2D eigenvalue weighted by Gasteiger charge is 2.30. The summed E-state index contributed by atoms with van der Waals surface area (Å²) in [5, 5.41) is 2.71. The van der Waals surface area contributed by atoms with E-state index in [1.807, 2.05) is 85.8 Å². The van der Waals surface area contributed by atoms with Crippen LogP contribution in [-0.2, 0) is 22.6 Å². The van der Waals surface area contributed by atoms with Crippen LogP contribution < -0.4 is 10.1 Å². The van der Waals surface area contributed by atoms with Gasteiger partial charge in [-0.3, -0.25) is 9.59 Å². The normalized spacial score (nSPS) is 11.5. The van der Waals surface area contributed by atoms with Crippen LogP contribution in [0.25, 0.3) is 0 Å². The topological polar surface area (TPSA) is 58.6 Å². The third kappa shape index (κ3) is 6.69. The Bertz CT molecular complexity index is 1040. The van der Waals surface area contributed by atoms with Crippen LogP contribution in [0.2, 0.25) is 0 Å². The number of hydrogen-bond acceptors (Lipinski definition) is 3. The van der Waals surface area contributed by atoms with Crippen LogP contribution in [-0.4, -0.2) is 36.4 Å². The number of nitrogens with zero attached hydrogens (tertiary/aromatic N) is 1. The number of carbonyl (C=O) groups excluding carboxylic acids is 2. The van der Waals surface area contributed by atoms with Crippen LogP contribution in [0, 0.1) is 6.92 Å². The van der Waals surface area contributed by atoms with E-state index in [2.05, 4.69) is 21.2 Å². The second-order valence-corrected chi connectivity index (χ2v) is 8.49. The van der Waals surface area contributed by atoms with Crippen molar-refractivity contribution in [2.75, 3.05) is 13.7 Å². The molecule has 32 heavy (non-hydrogen) atoms. The van der Waals surface area contributed by atoms with Gasteiger partial charge in [-0.15, -0.1) is 0 Å². The molecule has 0 aliphatic carbocycles. The van der Waals surface area contributed by atoms with Crippen LogP contribution in [0.4, 0.5) is 0 Å². The van der Waals surface area contributed by atoms with Gasteiger partial charge in [0.05, 0.1) is 0 Å². The molecule has 1 atom stereocenters. The average Bonchev–Trinajstić information content (AvgIpc) is 2.81. The summed E-state index contributed by atoms with van der Waals surface area (Å²) in [5.74, 6) is 0.147. The molecule has 0 spiro atoms. The first kappa shape index (κ1) is 23.5. The van der Waals surface area contributed by atoms with Crippen molar-refractivity contribution in [1.82, 2.24) is 10.2 Å². The van der Waals surface area contributed by atoms with Crippen molar-refractivity contribution in [3.05, 3.63) is 100 Å². The van der Waals surface area contributed by atoms with Crippen molar-refractivity contribution in [3.8, 4) is 5.75 Å². The van der Waals surface area contributed by atoms with Gasteiger partial charge in [-0.1, -0.05) is 76.1 Å². The van der Waals surface area contributed by atoms with Crippen LogP contribution in [0.5, 0.6) is 5.75 Å². The molecule has 166 valence electrons. The first-order valence-electron chi connectivity index (χ1n) is 10.4. The third-order valence-corrected chi connectivity index (χ3v) is 5.64. The van der Waals surface area contributed by atoms with Gasteiger partial charge in [-0.2, -0.15) is 0 Å². The molecule has 0 unspecified atom stereocenters. The minimum absolute atomic E-state index is 0.153. The van der Waals surface area contributed by atoms with Gasteiger partial charge in [0.2, 0.25) is 5.91 Å². The standard InChI is InChI=1S/C26H27BrN2O3/c1-19-11-13-23(14-12-19)32-18-25(30)29(17-21-9-6-10-22(27)15-21)24(26(31)28-2)16-20-7-4-3-5-8-20/h3-15,24H,16-18H2,1-2H3,(H,28,31)/t24-/m1/s1. The number of likely N-dealkylation sites (N-methyl/N-ethyl adjacent to an activating group) is 1. The van der Waals surface area contributed by atoms with Crippen molar-refractivity contribution >= 4 is 27.7 Å². The summed E-state index contributed by atoms with van der Waals surface area (Å²) in [6, 6.07) is 24.3. The van der Waals surface area contributed by atoms with Gasteiger partial charge in [-0.25, -0.2) is 0 Å². The first-order valence-corrected chi connectivity index (χ1v) is 11.2. The number of amides is 2. The zero-order valence-corrected chi connectivity index (χ0v) is 19.8. The van der Waals surface area contributed by atoms with Gasteiger partial charge in [-0.05, 0) is 42.3 Å². The fourth-order valence-corrected chi connectivity index (χ4v) is 3.86. The Labute approximate surface area is 197 Å². The molecule has 2 amide bonds. The molecule has 0 heterocycles. The van der Waals surface area contributed by atoms with Crippen molar-refractivity contribution < 1.29 is 14.3 Å². The molecule has 5 nitrogen and oxygen atoms in total. The van der Waals surface area contributed by atoms with Gasteiger partial charge in [0.15, 0.2) is 6.61 Å². The van der Waals surface area contributed by atoms with Crippen molar-refractivity contribution in [3.63, 3.8) is 0 Å². The zero-order chi connectivity index (χ0) is 22.9. The lowest BCUT2D eigenvalue weighted by Gasteiger charge is -2.31. The molecule has 3 aromatic rings. The lowest BCUT2D eigenvalue weighted by molar-refractivity contribution is -0.142. The van der Waals surface area contributed by atoms with E-state index in [9.17, 15) is 9.59 Å². The lowest BCUT2D eigenvalue weighted by atomic mass is 10.0. The summed E-state index contributed by atoms with van der Waals surface area (Å²) < 4.78 is 6.66. The number of aryl methyl sites for hydroxylation is 1. The number of carbonyl (C=O) groups is 2. The fraction of sp³-hybridized carbons (Fsp3) is 0.231. The number of hydrogen-bond donors (Lipinski definition) is 1. The summed E-state index contributed by atoms with van der Waals surface area (Å²) in [6.07, 6.45) is 0.408. The minimum Gasteiger partial charge on any atom is -0.484 e. The van der Waals surface area contributed by atoms with Crippen LogP contribution >= 0.6 is 15.9 Å². The largest absolute Gasteiger partial charge is 0.484 e. The Balaban J connectivity index is 1.86. The SMILES string of the molecule is CNC(=O)[C@@H](Cc1ccccc1)N(Cc1cccc(Br)c1)C(=O)COc1ccc(C)cc1. The highest BCUT2D eigenvalue weighted by molar-refractivity contribution is 9.10. The summed E-state index contributed by atoms with van der Waals surface area (Å²) >= 11 is 3.48. The molecule has 0 radical (unpaired) electrons. The van der Waals surface area contributed by atoms with Crippen LogP contribution in [0.15, 0.2) is 83.3 Å². The maximum Gasteiger partial charge on any atom is 0.261 e. The second kappa shape index (κ2) is 11.5. The quantitative estimate of drug-likeness (QED) is 0.475. The number of nitrogens with one attached hydrogen (secondary N) is 1. The number of rotatable bonds is 9. The Morgan fingerprint density at radius 1 is 0.969 bits per heavy atom. The van der Waals surface area contributed by atoms with Crippen LogP contribution in [0.3, 0.4) is 0 Å². The Morgan fingerprint density at radius 3 is 2.31 bits per heavy atom. The molecular formula is C26H27BrN2O3. The maximum absolute atomic E-state index is 13.3. The fourth-order valence-electron chi connectivity index (χ4n) is 3.42. The summed E-state index contributed by atoms with van der Waals surface area (Å²) in [7, 11) is 1.59. The molecule has 1 N–H and O–H groups in total. The monoisotopic (exact) mass is 494 g/mol.